The third-order valence-electron chi connectivity index (χ3n) is 6.68. The number of aryl methyl sites for hydroxylation is 6. The van der Waals surface area contributed by atoms with E-state index in [1.165, 1.54) is 64.2 Å². The SMILES string of the molecule is CCCCCCCCCCCC.Cc1cc(C)c(C(=O)[PH](=O)C(=O)c2c(C)cc(C)cc2C)c(C)c1. The lowest BCUT2D eigenvalue weighted by atomic mass is 10.0. The maximum atomic E-state index is 12.7. The van der Waals surface area contributed by atoms with Crippen molar-refractivity contribution in [1.29, 1.82) is 0 Å². The van der Waals surface area contributed by atoms with E-state index in [0.29, 0.717) is 11.1 Å². The molecule has 0 aliphatic heterocycles. The molecule has 0 N–H and O–H groups in total. The molecule has 0 aliphatic rings. The largest absolute Gasteiger partial charge is 0.310 e. The topological polar surface area (TPSA) is 51.2 Å². The van der Waals surface area contributed by atoms with Crippen LogP contribution in [-0.2, 0) is 4.57 Å². The first-order chi connectivity index (χ1) is 17.0. The molecule has 0 heterocycles. The number of rotatable bonds is 13. The molecule has 200 valence electrons. The molecule has 0 aliphatic carbocycles. The second kappa shape index (κ2) is 16.7. The molecule has 36 heavy (non-hydrogen) atoms. The van der Waals surface area contributed by atoms with E-state index in [1.54, 1.807) is 0 Å². The van der Waals surface area contributed by atoms with Gasteiger partial charge in [-0.05, 0) is 63.8 Å². The van der Waals surface area contributed by atoms with Crippen LogP contribution in [0.1, 0.15) is 132 Å². The maximum absolute atomic E-state index is 12.7. The summed E-state index contributed by atoms with van der Waals surface area (Å²) in [5.41, 5.74) is 4.89. The van der Waals surface area contributed by atoms with Crippen molar-refractivity contribution in [3.63, 3.8) is 0 Å². The lowest BCUT2D eigenvalue weighted by molar-refractivity contribution is 0.104. The summed E-state index contributed by atoms with van der Waals surface area (Å²) in [6.07, 6.45) is 14.4. The summed E-state index contributed by atoms with van der Waals surface area (Å²) in [6, 6.07) is 7.51. The molecule has 0 spiro atoms. The molecule has 0 amide bonds. The van der Waals surface area contributed by atoms with Crippen LogP contribution in [0.3, 0.4) is 0 Å². The van der Waals surface area contributed by atoms with Gasteiger partial charge >= 0.3 is 0 Å². The number of hydrogen-bond donors (Lipinski definition) is 0. The van der Waals surface area contributed by atoms with Crippen LogP contribution in [0.2, 0.25) is 0 Å². The molecule has 0 unspecified atom stereocenters. The molecule has 2 aromatic carbocycles. The van der Waals surface area contributed by atoms with Crippen molar-refractivity contribution in [3.05, 3.63) is 68.8 Å². The third kappa shape index (κ3) is 10.2. The van der Waals surface area contributed by atoms with Gasteiger partial charge in [-0.2, -0.15) is 0 Å². The molecule has 4 heteroatoms. The summed E-state index contributed by atoms with van der Waals surface area (Å²) in [6.45, 7) is 15.7. The number of hydrogen-bond acceptors (Lipinski definition) is 3. The van der Waals surface area contributed by atoms with Gasteiger partial charge in [0.2, 0.25) is 18.8 Å². The fourth-order valence-electron chi connectivity index (χ4n) is 4.97. The normalized spacial score (nSPS) is 10.8. The smallest absolute Gasteiger partial charge is 0.226 e. The Hall–Kier alpha value is -1.99. The average Bonchev–Trinajstić information content (AvgIpc) is 2.79. The lowest BCUT2D eigenvalue weighted by Gasteiger charge is -2.12. The molecular formula is C32H49O3P. The number of carbonyl (C=O) groups excluding carboxylic acids is 2. The highest BCUT2D eigenvalue weighted by molar-refractivity contribution is 7.80. The van der Waals surface area contributed by atoms with Crippen LogP contribution in [0.4, 0.5) is 0 Å². The average molecular weight is 513 g/mol. The van der Waals surface area contributed by atoms with Gasteiger partial charge in [0.15, 0.2) is 0 Å². The van der Waals surface area contributed by atoms with E-state index in [2.05, 4.69) is 13.8 Å². The highest BCUT2D eigenvalue weighted by Crippen LogP contribution is 2.36. The van der Waals surface area contributed by atoms with Gasteiger partial charge in [0.1, 0.15) is 0 Å². The second-order valence-corrected chi connectivity index (χ2v) is 11.9. The Morgan fingerprint density at radius 3 is 1.03 bits per heavy atom. The summed E-state index contributed by atoms with van der Waals surface area (Å²) in [5.74, 6) is 0. The Morgan fingerprint density at radius 2 is 0.778 bits per heavy atom. The Balaban J connectivity index is 0.000000457. The highest BCUT2D eigenvalue weighted by atomic mass is 31.1. The van der Waals surface area contributed by atoms with E-state index < -0.39 is 18.8 Å². The zero-order valence-corrected chi connectivity index (χ0v) is 25.1. The molecule has 0 radical (unpaired) electrons. The van der Waals surface area contributed by atoms with Crippen molar-refractivity contribution < 1.29 is 14.2 Å². The highest BCUT2D eigenvalue weighted by Gasteiger charge is 2.27. The molecule has 0 bridgehead atoms. The van der Waals surface area contributed by atoms with Crippen molar-refractivity contribution in [3.8, 4) is 0 Å². The predicted molar refractivity (Wildman–Crippen MR) is 156 cm³/mol. The van der Waals surface area contributed by atoms with Crippen LogP contribution in [-0.4, -0.2) is 11.0 Å². The Morgan fingerprint density at radius 1 is 0.528 bits per heavy atom. The molecule has 0 atom stereocenters. The molecule has 2 rings (SSSR count). The van der Waals surface area contributed by atoms with Gasteiger partial charge in [-0.25, -0.2) is 0 Å². The predicted octanol–water partition coefficient (Wildman–Crippen LogP) is 10.0. The van der Waals surface area contributed by atoms with E-state index in [1.807, 2.05) is 65.8 Å². The summed E-state index contributed by atoms with van der Waals surface area (Å²) >= 11 is 0. The van der Waals surface area contributed by atoms with Crippen molar-refractivity contribution in [2.24, 2.45) is 0 Å². The lowest BCUT2D eigenvalue weighted by Crippen LogP contribution is -2.08. The Kier molecular flexibility index (Phi) is 14.9. The first-order valence-electron chi connectivity index (χ1n) is 13.8. The van der Waals surface area contributed by atoms with Gasteiger partial charge in [-0.1, -0.05) is 113 Å². The van der Waals surface area contributed by atoms with Crippen LogP contribution in [0, 0.1) is 41.5 Å². The summed E-state index contributed by atoms with van der Waals surface area (Å²) in [7, 11) is -3.09. The van der Waals surface area contributed by atoms with E-state index in [0.717, 1.165) is 33.4 Å². The monoisotopic (exact) mass is 512 g/mol. The first-order valence-corrected chi connectivity index (χ1v) is 15.2. The van der Waals surface area contributed by atoms with E-state index in [9.17, 15) is 14.2 Å². The minimum absolute atomic E-state index is 0.417. The number of carbonyl (C=O) groups is 2. The zero-order valence-electron chi connectivity index (χ0n) is 24.1. The van der Waals surface area contributed by atoms with Crippen LogP contribution in [0.15, 0.2) is 24.3 Å². The maximum Gasteiger partial charge on any atom is 0.226 e. The van der Waals surface area contributed by atoms with E-state index in [-0.39, 0.29) is 0 Å². The van der Waals surface area contributed by atoms with Crippen molar-refractivity contribution in [2.75, 3.05) is 0 Å². The van der Waals surface area contributed by atoms with Crippen LogP contribution < -0.4 is 0 Å². The second-order valence-electron chi connectivity index (χ2n) is 10.4. The molecule has 0 aromatic heterocycles. The standard InChI is InChI=1S/C20H23O3P.C12H26/c1-11-7-13(3)17(14(4)8-11)19(21)24(23)20(22)18-15(5)9-12(2)10-16(18)6;1-3-5-7-9-11-12-10-8-6-4-2/h7-10,24H,1-6H3;3-12H2,1-2H3. The molecular weight excluding hydrogens is 463 g/mol. The third-order valence-corrected chi connectivity index (χ3v) is 8.00. The minimum Gasteiger partial charge on any atom is -0.310 e. The summed E-state index contributed by atoms with van der Waals surface area (Å²) < 4.78 is 12.7. The van der Waals surface area contributed by atoms with Crippen molar-refractivity contribution in [2.45, 2.75) is 120 Å². The fraction of sp³-hybridized carbons (Fsp3) is 0.562. The van der Waals surface area contributed by atoms with Crippen molar-refractivity contribution >= 4 is 18.8 Å². The van der Waals surface area contributed by atoms with Crippen molar-refractivity contribution in [1.82, 2.24) is 0 Å². The van der Waals surface area contributed by atoms with E-state index >= 15 is 0 Å². The van der Waals surface area contributed by atoms with Gasteiger partial charge in [-0.15, -0.1) is 0 Å². The molecule has 3 nitrogen and oxygen atoms in total. The van der Waals surface area contributed by atoms with Gasteiger partial charge in [-0.3, -0.25) is 9.59 Å². The molecule has 0 saturated carbocycles. The minimum atomic E-state index is -3.09. The van der Waals surface area contributed by atoms with Crippen LogP contribution >= 0.6 is 7.80 Å². The summed E-state index contributed by atoms with van der Waals surface area (Å²) in [4.78, 5) is 25.4. The zero-order chi connectivity index (χ0) is 27.3. The first kappa shape index (κ1) is 32.0. The number of unbranched alkanes of at least 4 members (excludes halogenated alkanes) is 9. The van der Waals surface area contributed by atoms with Crippen LogP contribution in [0.25, 0.3) is 0 Å². The fourth-order valence-corrected chi connectivity index (χ4v) is 6.42. The quantitative estimate of drug-likeness (QED) is 0.198. The van der Waals surface area contributed by atoms with Crippen LogP contribution in [0.5, 0.6) is 0 Å². The molecule has 2 aromatic rings. The Bertz CT molecular complexity index is 908. The van der Waals surface area contributed by atoms with E-state index in [4.69, 9.17) is 0 Å². The van der Waals surface area contributed by atoms with Gasteiger partial charge < -0.3 is 4.57 Å². The van der Waals surface area contributed by atoms with Gasteiger partial charge in [0, 0.05) is 11.1 Å². The summed E-state index contributed by atoms with van der Waals surface area (Å²) in [5, 5.41) is 0. The molecule has 0 fully saturated rings. The van der Waals surface area contributed by atoms with Gasteiger partial charge in [0.25, 0.3) is 0 Å². The number of benzene rings is 2. The Labute approximate surface area is 221 Å². The molecule has 0 saturated heterocycles. The van der Waals surface area contributed by atoms with Gasteiger partial charge in [0.05, 0.1) is 0 Å².